The van der Waals surface area contributed by atoms with E-state index in [1.54, 1.807) is 35.9 Å². The number of nitrogens with zero attached hydrogens (tertiary/aromatic N) is 3. The number of carbonyl (C=O) groups excluding carboxylic acids is 2. The Morgan fingerprint density at radius 1 is 1.31 bits per heavy atom. The summed E-state index contributed by atoms with van der Waals surface area (Å²) < 4.78 is 19.1. The lowest BCUT2D eigenvalue weighted by Crippen LogP contribution is -2.52. The second-order valence-electron chi connectivity index (χ2n) is 7.21. The Kier molecular flexibility index (Phi) is 3.82. The smallest absolute Gasteiger partial charge is 0.410 e. The van der Waals surface area contributed by atoms with Crippen molar-refractivity contribution in [3.8, 4) is 0 Å². The van der Waals surface area contributed by atoms with Crippen molar-refractivity contribution in [3.63, 3.8) is 0 Å². The minimum atomic E-state index is -0.635. The van der Waals surface area contributed by atoms with Gasteiger partial charge in [0.05, 0.1) is 24.2 Å². The maximum Gasteiger partial charge on any atom is 0.410 e. The molecule has 26 heavy (non-hydrogen) atoms. The summed E-state index contributed by atoms with van der Waals surface area (Å²) in [5.74, 6) is -0.524. The Morgan fingerprint density at radius 2 is 2.12 bits per heavy atom. The summed E-state index contributed by atoms with van der Waals surface area (Å²) >= 11 is 0. The van der Waals surface area contributed by atoms with Crippen molar-refractivity contribution in [1.82, 2.24) is 14.8 Å². The number of hydrogen-bond acceptors (Lipinski definition) is 4. The van der Waals surface area contributed by atoms with Crippen molar-refractivity contribution in [1.29, 1.82) is 0 Å². The van der Waals surface area contributed by atoms with E-state index in [0.29, 0.717) is 41.8 Å². The molecule has 0 unspecified atom stereocenters. The first-order valence-corrected chi connectivity index (χ1v) is 8.67. The standard InChI is InChI=1S/C19H20FN3O3/c1-12-8-15(14-5-4-13(20)9-16(14)21-12)17(24)23-7-3-6-19(11-23)10-22(2)18(25)26-19/h4-5,8-9H,3,6-7,10-11H2,1-2H3/t19-/m1/s1. The molecule has 2 aliphatic heterocycles. The molecule has 136 valence electrons. The average Bonchev–Trinajstić information content (AvgIpc) is 2.86. The molecule has 3 heterocycles. The zero-order chi connectivity index (χ0) is 18.5. The number of hydrogen-bond donors (Lipinski definition) is 0. The molecule has 0 aliphatic carbocycles. The lowest BCUT2D eigenvalue weighted by molar-refractivity contribution is -0.00514. The van der Waals surface area contributed by atoms with E-state index < -0.39 is 5.60 Å². The number of halogens is 1. The maximum atomic E-state index is 13.5. The number of aromatic nitrogens is 1. The topological polar surface area (TPSA) is 62.7 Å². The Morgan fingerprint density at radius 3 is 2.85 bits per heavy atom. The number of pyridine rings is 1. The number of likely N-dealkylation sites (tertiary alicyclic amines) is 1. The zero-order valence-electron chi connectivity index (χ0n) is 14.8. The van der Waals surface area contributed by atoms with Crippen LogP contribution < -0.4 is 0 Å². The van der Waals surface area contributed by atoms with Crippen LogP contribution in [0.15, 0.2) is 24.3 Å². The fourth-order valence-corrected chi connectivity index (χ4v) is 3.96. The summed E-state index contributed by atoms with van der Waals surface area (Å²) in [5, 5.41) is 0.627. The monoisotopic (exact) mass is 357 g/mol. The van der Waals surface area contributed by atoms with E-state index >= 15 is 0 Å². The van der Waals surface area contributed by atoms with E-state index in [-0.39, 0.29) is 17.8 Å². The van der Waals surface area contributed by atoms with Crippen molar-refractivity contribution < 1.29 is 18.7 Å². The number of likely N-dealkylation sites (N-methyl/N-ethyl adjacent to an activating group) is 1. The van der Waals surface area contributed by atoms with Crippen LogP contribution in [0, 0.1) is 12.7 Å². The van der Waals surface area contributed by atoms with Gasteiger partial charge >= 0.3 is 6.09 Å². The molecular formula is C19H20FN3O3. The lowest BCUT2D eigenvalue weighted by Gasteiger charge is -2.38. The molecule has 0 N–H and O–H groups in total. The molecule has 1 aromatic heterocycles. The van der Waals surface area contributed by atoms with Crippen molar-refractivity contribution in [2.75, 3.05) is 26.7 Å². The summed E-state index contributed by atoms with van der Waals surface area (Å²) in [5.41, 5.74) is 0.989. The van der Waals surface area contributed by atoms with Gasteiger partial charge in [0.1, 0.15) is 11.4 Å². The maximum absolute atomic E-state index is 13.5. The van der Waals surface area contributed by atoms with Gasteiger partial charge in [-0.15, -0.1) is 0 Å². The number of ether oxygens (including phenoxy) is 1. The van der Waals surface area contributed by atoms with Gasteiger partial charge in [0.15, 0.2) is 0 Å². The first-order valence-electron chi connectivity index (χ1n) is 8.67. The van der Waals surface area contributed by atoms with Crippen LogP contribution in [0.2, 0.25) is 0 Å². The number of aryl methyl sites for hydroxylation is 1. The third kappa shape index (κ3) is 2.77. The predicted molar refractivity (Wildman–Crippen MR) is 93.4 cm³/mol. The van der Waals surface area contributed by atoms with E-state index in [2.05, 4.69) is 4.98 Å². The highest BCUT2D eigenvalue weighted by Gasteiger charge is 2.47. The van der Waals surface area contributed by atoms with Gasteiger partial charge in [0, 0.05) is 30.7 Å². The second kappa shape index (κ2) is 5.93. The van der Waals surface area contributed by atoms with Gasteiger partial charge in [-0.3, -0.25) is 9.78 Å². The highest BCUT2D eigenvalue weighted by Crippen LogP contribution is 2.32. The minimum Gasteiger partial charge on any atom is -0.439 e. The highest BCUT2D eigenvalue weighted by atomic mass is 19.1. The third-order valence-electron chi connectivity index (χ3n) is 5.10. The van der Waals surface area contributed by atoms with Crippen LogP contribution >= 0.6 is 0 Å². The van der Waals surface area contributed by atoms with Crippen LogP contribution in [-0.2, 0) is 4.74 Å². The number of fused-ring (bicyclic) bond motifs is 1. The Labute approximate surface area is 150 Å². The number of amides is 2. The van der Waals surface area contributed by atoms with Gasteiger partial charge in [-0.25, -0.2) is 9.18 Å². The van der Waals surface area contributed by atoms with Crippen LogP contribution in [0.1, 0.15) is 28.9 Å². The van der Waals surface area contributed by atoms with Crippen LogP contribution in [0.4, 0.5) is 9.18 Å². The predicted octanol–water partition coefficient (Wildman–Crippen LogP) is 2.74. The number of rotatable bonds is 1. The molecular weight excluding hydrogens is 337 g/mol. The van der Waals surface area contributed by atoms with Crippen molar-refractivity contribution >= 4 is 22.9 Å². The second-order valence-corrected chi connectivity index (χ2v) is 7.21. The van der Waals surface area contributed by atoms with Crippen molar-refractivity contribution in [3.05, 3.63) is 41.3 Å². The van der Waals surface area contributed by atoms with Gasteiger partial charge in [0.2, 0.25) is 0 Å². The molecule has 6 nitrogen and oxygen atoms in total. The number of benzene rings is 1. The van der Waals surface area contributed by atoms with Crippen LogP contribution in [0.3, 0.4) is 0 Å². The number of piperidine rings is 1. The molecule has 1 aromatic carbocycles. The Bertz CT molecular complexity index is 911. The van der Waals surface area contributed by atoms with E-state index in [9.17, 15) is 14.0 Å². The SMILES string of the molecule is Cc1cc(C(=O)N2CCC[C@@]3(CN(C)C(=O)O3)C2)c2ccc(F)cc2n1. The molecule has 0 saturated carbocycles. The van der Waals surface area contributed by atoms with Crippen LogP contribution in [0.5, 0.6) is 0 Å². The fraction of sp³-hybridized carbons (Fsp3) is 0.421. The molecule has 1 spiro atoms. The van der Waals surface area contributed by atoms with Crippen molar-refractivity contribution in [2.45, 2.75) is 25.4 Å². The zero-order valence-corrected chi connectivity index (χ0v) is 14.8. The molecule has 2 aliphatic rings. The quantitative estimate of drug-likeness (QED) is 0.787. The van der Waals surface area contributed by atoms with Gasteiger partial charge in [-0.2, -0.15) is 0 Å². The molecule has 1 atom stereocenters. The Hall–Kier alpha value is -2.70. The minimum absolute atomic E-state index is 0.142. The third-order valence-corrected chi connectivity index (χ3v) is 5.10. The fourth-order valence-electron chi connectivity index (χ4n) is 3.96. The van der Waals surface area contributed by atoms with Crippen LogP contribution in [-0.4, -0.2) is 59.1 Å². The summed E-state index contributed by atoms with van der Waals surface area (Å²) in [6.45, 7) is 3.24. The van der Waals surface area contributed by atoms with E-state index in [0.717, 1.165) is 12.8 Å². The van der Waals surface area contributed by atoms with E-state index in [1.165, 1.54) is 12.1 Å². The van der Waals surface area contributed by atoms with Gasteiger partial charge in [-0.05, 0) is 38.0 Å². The highest BCUT2D eigenvalue weighted by molar-refractivity contribution is 6.06. The Balaban J connectivity index is 1.68. The van der Waals surface area contributed by atoms with Crippen molar-refractivity contribution in [2.24, 2.45) is 0 Å². The summed E-state index contributed by atoms with van der Waals surface area (Å²) in [7, 11) is 1.70. The molecule has 0 radical (unpaired) electrons. The number of carbonyl (C=O) groups is 2. The first kappa shape index (κ1) is 16.8. The first-order chi connectivity index (χ1) is 12.4. The summed E-state index contributed by atoms with van der Waals surface area (Å²) in [6, 6.07) is 6.00. The summed E-state index contributed by atoms with van der Waals surface area (Å²) in [6.07, 6.45) is 1.16. The van der Waals surface area contributed by atoms with E-state index in [1.807, 2.05) is 0 Å². The molecule has 2 amide bonds. The summed E-state index contributed by atoms with van der Waals surface area (Å²) in [4.78, 5) is 32.6. The molecule has 2 aromatic rings. The van der Waals surface area contributed by atoms with Gasteiger partial charge < -0.3 is 14.5 Å². The van der Waals surface area contributed by atoms with Gasteiger partial charge in [0.25, 0.3) is 5.91 Å². The molecule has 2 fully saturated rings. The molecule has 2 saturated heterocycles. The van der Waals surface area contributed by atoms with E-state index in [4.69, 9.17) is 4.74 Å². The molecule has 4 rings (SSSR count). The molecule has 7 heteroatoms. The molecule has 0 bridgehead atoms. The van der Waals surface area contributed by atoms with Crippen LogP contribution in [0.25, 0.3) is 10.9 Å². The normalized spacial score (nSPS) is 23.0. The largest absolute Gasteiger partial charge is 0.439 e. The average molecular weight is 357 g/mol. The lowest BCUT2D eigenvalue weighted by atomic mass is 9.92. The van der Waals surface area contributed by atoms with Gasteiger partial charge in [-0.1, -0.05) is 0 Å².